The number of anilines is 1. The van der Waals surface area contributed by atoms with E-state index in [2.05, 4.69) is 15.5 Å². The van der Waals surface area contributed by atoms with Crippen molar-refractivity contribution in [2.24, 2.45) is 5.41 Å². The molecule has 10 heteroatoms. The SMILES string of the molecule is CC(C)(C(=O)Nc1nncs1)[C@H]1c2ccccc2Oc2nc(-c3ccc(C(=O)O)s3)ccc21. The Hall–Kier alpha value is -3.63. The van der Waals surface area contributed by atoms with Gasteiger partial charge >= 0.3 is 5.97 Å². The number of carbonyl (C=O) groups excluding carboxylic acids is 1. The number of amides is 1. The highest BCUT2D eigenvalue weighted by Gasteiger charge is 2.44. The van der Waals surface area contributed by atoms with Crippen molar-refractivity contribution in [1.82, 2.24) is 15.2 Å². The number of hydrogen-bond donors (Lipinski definition) is 2. The number of nitrogens with one attached hydrogen (secondary N) is 1. The lowest BCUT2D eigenvalue weighted by Gasteiger charge is -2.37. The monoisotopic (exact) mass is 478 g/mol. The number of para-hydroxylation sites is 1. The molecule has 1 aromatic carbocycles. The summed E-state index contributed by atoms with van der Waals surface area (Å²) in [4.78, 5) is 30.2. The number of nitrogens with zero attached hydrogens (tertiary/aromatic N) is 3. The van der Waals surface area contributed by atoms with Crippen molar-refractivity contribution in [2.45, 2.75) is 19.8 Å². The van der Waals surface area contributed by atoms with Crippen LogP contribution in [0.3, 0.4) is 0 Å². The molecule has 0 fully saturated rings. The molecular weight excluding hydrogens is 460 g/mol. The minimum absolute atomic E-state index is 0.194. The Morgan fingerprint density at radius 3 is 2.64 bits per heavy atom. The van der Waals surface area contributed by atoms with Crippen molar-refractivity contribution >= 4 is 39.7 Å². The fourth-order valence-corrected chi connectivity index (χ4v) is 5.21. The summed E-state index contributed by atoms with van der Waals surface area (Å²) in [6.07, 6.45) is 0. The standard InChI is InChI=1S/C23H18N4O4S2/c1-23(2,21(30)26-22-27-24-11-32-22)18-12-5-3-4-6-15(12)31-19-13(18)7-8-14(25-19)16-9-10-17(33-16)20(28)29/h3-11,18H,1-2H3,(H,28,29)(H,26,27,30)/t18-/m0/s1. The molecular formula is C23H18N4O4S2. The van der Waals surface area contributed by atoms with Gasteiger partial charge in [-0.15, -0.1) is 21.5 Å². The van der Waals surface area contributed by atoms with Gasteiger partial charge in [-0.05, 0) is 24.3 Å². The zero-order valence-corrected chi connectivity index (χ0v) is 19.2. The van der Waals surface area contributed by atoms with Gasteiger partial charge in [-0.3, -0.25) is 4.79 Å². The first-order chi connectivity index (χ1) is 15.8. The van der Waals surface area contributed by atoms with E-state index in [-0.39, 0.29) is 16.7 Å². The third kappa shape index (κ3) is 3.77. The summed E-state index contributed by atoms with van der Waals surface area (Å²) < 4.78 is 6.13. The number of aromatic carboxylic acids is 1. The van der Waals surface area contributed by atoms with Crippen LogP contribution in [0.15, 0.2) is 54.0 Å². The maximum absolute atomic E-state index is 13.3. The molecule has 0 saturated heterocycles. The molecule has 33 heavy (non-hydrogen) atoms. The summed E-state index contributed by atoms with van der Waals surface area (Å²) in [6.45, 7) is 3.76. The average molecular weight is 479 g/mol. The van der Waals surface area contributed by atoms with Gasteiger partial charge in [0.1, 0.15) is 16.1 Å². The highest BCUT2D eigenvalue weighted by Crippen LogP contribution is 2.52. The predicted octanol–water partition coefficient (Wildman–Crippen LogP) is 5.26. The molecule has 0 bridgehead atoms. The largest absolute Gasteiger partial charge is 0.477 e. The highest BCUT2D eigenvalue weighted by atomic mass is 32.1. The summed E-state index contributed by atoms with van der Waals surface area (Å²) in [6, 6.07) is 14.6. The number of hydrogen-bond acceptors (Lipinski definition) is 8. The minimum Gasteiger partial charge on any atom is -0.477 e. The van der Waals surface area contributed by atoms with Crippen LogP contribution < -0.4 is 10.1 Å². The third-order valence-corrected chi connectivity index (χ3v) is 7.30. The lowest BCUT2D eigenvalue weighted by Crippen LogP contribution is -2.38. The average Bonchev–Trinajstić information content (AvgIpc) is 3.49. The number of fused-ring (bicyclic) bond motifs is 2. The van der Waals surface area contributed by atoms with E-state index >= 15 is 0 Å². The maximum Gasteiger partial charge on any atom is 0.345 e. The second kappa shape index (κ2) is 8.05. The number of aromatic nitrogens is 3. The van der Waals surface area contributed by atoms with Gasteiger partial charge in [-0.1, -0.05) is 49.4 Å². The van der Waals surface area contributed by atoms with Crippen molar-refractivity contribution in [3.63, 3.8) is 0 Å². The highest BCUT2D eigenvalue weighted by molar-refractivity contribution is 7.17. The summed E-state index contributed by atoms with van der Waals surface area (Å²) in [5.41, 5.74) is 2.97. The van der Waals surface area contributed by atoms with Gasteiger partial charge in [0.15, 0.2) is 0 Å². The number of ether oxygens (including phenoxy) is 1. The van der Waals surface area contributed by atoms with Gasteiger partial charge in [-0.2, -0.15) is 0 Å². The van der Waals surface area contributed by atoms with Crippen LogP contribution in [0.4, 0.5) is 5.13 Å². The topological polar surface area (TPSA) is 114 Å². The lowest BCUT2D eigenvalue weighted by molar-refractivity contribution is -0.124. The zero-order valence-electron chi connectivity index (χ0n) is 17.6. The first kappa shape index (κ1) is 21.2. The van der Waals surface area contributed by atoms with Gasteiger partial charge in [0.05, 0.1) is 16.0 Å². The summed E-state index contributed by atoms with van der Waals surface area (Å²) >= 11 is 2.41. The number of carbonyl (C=O) groups is 2. The van der Waals surface area contributed by atoms with Crippen molar-refractivity contribution in [3.05, 3.63) is 70.0 Å². The Kier molecular flexibility index (Phi) is 5.18. The second-order valence-corrected chi connectivity index (χ2v) is 9.97. The number of carboxylic acid groups (broad SMARTS) is 1. The number of pyridine rings is 1. The number of benzene rings is 1. The molecule has 3 aromatic heterocycles. The van der Waals surface area contributed by atoms with Crippen molar-refractivity contribution < 1.29 is 19.4 Å². The van der Waals surface area contributed by atoms with Crippen LogP contribution in [0.25, 0.3) is 10.6 Å². The van der Waals surface area contributed by atoms with Crippen LogP contribution >= 0.6 is 22.7 Å². The molecule has 1 aliphatic rings. The molecule has 166 valence electrons. The lowest BCUT2D eigenvalue weighted by atomic mass is 9.69. The van der Waals surface area contributed by atoms with Crippen LogP contribution in [0.5, 0.6) is 11.6 Å². The molecule has 0 saturated carbocycles. The number of rotatable bonds is 5. The van der Waals surface area contributed by atoms with Crippen LogP contribution in [0, 0.1) is 5.41 Å². The molecule has 4 aromatic rings. The van der Waals surface area contributed by atoms with E-state index in [1.165, 1.54) is 11.3 Å². The quantitative estimate of drug-likeness (QED) is 0.402. The maximum atomic E-state index is 13.3. The van der Waals surface area contributed by atoms with E-state index in [9.17, 15) is 14.7 Å². The summed E-state index contributed by atoms with van der Waals surface area (Å²) in [7, 11) is 0. The molecule has 2 N–H and O–H groups in total. The molecule has 8 nitrogen and oxygen atoms in total. The van der Waals surface area contributed by atoms with Gasteiger partial charge in [0.2, 0.25) is 16.9 Å². The van der Waals surface area contributed by atoms with E-state index in [1.54, 1.807) is 17.6 Å². The van der Waals surface area contributed by atoms with E-state index in [1.807, 2.05) is 50.2 Å². The second-order valence-electron chi connectivity index (χ2n) is 8.05. The Balaban J connectivity index is 1.57. The molecule has 1 amide bonds. The Labute approximate surface area is 196 Å². The molecule has 5 rings (SSSR count). The van der Waals surface area contributed by atoms with E-state index in [4.69, 9.17) is 9.72 Å². The van der Waals surface area contributed by atoms with Crippen molar-refractivity contribution in [1.29, 1.82) is 0 Å². The Bertz CT molecular complexity index is 1360. The van der Waals surface area contributed by atoms with Gasteiger partial charge in [0, 0.05) is 17.0 Å². The van der Waals surface area contributed by atoms with E-state index in [0.29, 0.717) is 22.5 Å². The summed E-state index contributed by atoms with van der Waals surface area (Å²) in [5, 5.41) is 20.2. The Morgan fingerprint density at radius 1 is 1.09 bits per heavy atom. The molecule has 0 spiro atoms. The van der Waals surface area contributed by atoms with Crippen LogP contribution in [-0.4, -0.2) is 32.2 Å². The smallest absolute Gasteiger partial charge is 0.345 e. The van der Waals surface area contributed by atoms with E-state index < -0.39 is 11.4 Å². The Morgan fingerprint density at radius 2 is 1.91 bits per heavy atom. The van der Waals surface area contributed by atoms with Crippen LogP contribution in [0.1, 0.15) is 40.6 Å². The number of carboxylic acids is 1. The van der Waals surface area contributed by atoms with Gasteiger partial charge in [0.25, 0.3) is 0 Å². The van der Waals surface area contributed by atoms with Crippen molar-refractivity contribution in [2.75, 3.05) is 5.32 Å². The minimum atomic E-state index is -0.974. The fraction of sp³-hybridized carbons (Fsp3) is 0.174. The first-order valence-electron chi connectivity index (χ1n) is 10.0. The zero-order chi connectivity index (χ0) is 23.2. The van der Waals surface area contributed by atoms with Gasteiger partial charge < -0.3 is 15.2 Å². The molecule has 0 radical (unpaired) electrons. The fourth-order valence-electron chi connectivity index (χ4n) is 3.96. The molecule has 4 heterocycles. The summed E-state index contributed by atoms with van der Waals surface area (Å²) in [5.74, 6) is -0.463. The molecule has 0 unspecified atom stereocenters. The third-order valence-electron chi connectivity index (χ3n) is 5.59. The normalized spacial score (nSPS) is 14.7. The number of thiophene rings is 1. The van der Waals surface area contributed by atoms with Crippen LogP contribution in [-0.2, 0) is 4.79 Å². The molecule has 0 aliphatic carbocycles. The van der Waals surface area contributed by atoms with E-state index in [0.717, 1.165) is 27.3 Å². The van der Waals surface area contributed by atoms with Crippen molar-refractivity contribution in [3.8, 4) is 22.2 Å². The predicted molar refractivity (Wildman–Crippen MR) is 125 cm³/mol. The molecule has 1 atom stereocenters. The van der Waals surface area contributed by atoms with Gasteiger partial charge in [-0.25, -0.2) is 9.78 Å². The molecule has 1 aliphatic heterocycles. The van der Waals surface area contributed by atoms with Crippen LogP contribution in [0.2, 0.25) is 0 Å². The first-order valence-corrected chi connectivity index (χ1v) is 11.7.